The van der Waals surface area contributed by atoms with E-state index < -0.39 is 0 Å². The van der Waals surface area contributed by atoms with Gasteiger partial charge in [0.15, 0.2) is 0 Å². The van der Waals surface area contributed by atoms with Gasteiger partial charge < -0.3 is 10.2 Å². The fraction of sp³-hybridized carbons (Fsp3) is 1.00. The summed E-state index contributed by atoms with van der Waals surface area (Å²) in [6.45, 7) is 25.5. The summed E-state index contributed by atoms with van der Waals surface area (Å²) < 4.78 is 0. The summed E-state index contributed by atoms with van der Waals surface area (Å²) >= 11 is 0. The van der Waals surface area contributed by atoms with Gasteiger partial charge in [0.2, 0.25) is 0 Å². The highest BCUT2D eigenvalue weighted by molar-refractivity contribution is 4.84. The third-order valence-electron chi connectivity index (χ3n) is 3.75. The van der Waals surface area contributed by atoms with Crippen LogP contribution in [0.2, 0.25) is 0 Å². The first-order chi connectivity index (χ1) is 8.97. The molecular weight excluding hydrogens is 244 g/mol. The Balaban J connectivity index is 4.66. The van der Waals surface area contributed by atoms with Gasteiger partial charge in [-0.25, -0.2) is 0 Å². The van der Waals surface area contributed by atoms with Gasteiger partial charge in [-0.3, -0.25) is 0 Å². The van der Waals surface area contributed by atoms with Crippen LogP contribution in [0.4, 0.5) is 0 Å². The second-order valence-corrected chi connectivity index (χ2v) is 8.75. The molecule has 0 aromatic carbocycles. The minimum atomic E-state index is 0.206. The van der Waals surface area contributed by atoms with E-state index in [9.17, 15) is 0 Å². The third kappa shape index (κ3) is 9.77. The predicted molar refractivity (Wildman–Crippen MR) is 92.3 cm³/mol. The topological polar surface area (TPSA) is 15.3 Å². The first-order valence-corrected chi connectivity index (χ1v) is 8.45. The van der Waals surface area contributed by atoms with Gasteiger partial charge in [0.25, 0.3) is 0 Å². The van der Waals surface area contributed by atoms with Crippen LogP contribution in [0, 0.1) is 17.3 Å². The number of hydrogen-bond donors (Lipinski definition) is 1. The van der Waals surface area contributed by atoms with E-state index in [4.69, 9.17) is 0 Å². The van der Waals surface area contributed by atoms with E-state index >= 15 is 0 Å². The first kappa shape index (κ1) is 19.9. The zero-order valence-electron chi connectivity index (χ0n) is 15.6. The van der Waals surface area contributed by atoms with E-state index in [1.807, 2.05) is 0 Å². The zero-order valence-corrected chi connectivity index (χ0v) is 15.6. The molecule has 0 saturated carbocycles. The van der Waals surface area contributed by atoms with Crippen LogP contribution in [0.5, 0.6) is 0 Å². The van der Waals surface area contributed by atoms with Crippen LogP contribution in [0.15, 0.2) is 0 Å². The molecule has 0 spiro atoms. The summed E-state index contributed by atoms with van der Waals surface area (Å²) in [6, 6.07) is 0. The minimum Gasteiger partial charge on any atom is -0.311 e. The molecule has 1 N–H and O–H groups in total. The van der Waals surface area contributed by atoms with Crippen molar-refractivity contribution < 1.29 is 0 Å². The Bertz CT molecular complexity index is 243. The summed E-state index contributed by atoms with van der Waals surface area (Å²) in [5.41, 5.74) is 0.564. The minimum absolute atomic E-state index is 0.206. The van der Waals surface area contributed by atoms with Gasteiger partial charge in [-0.2, -0.15) is 0 Å². The lowest BCUT2D eigenvalue weighted by atomic mass is 9.85. The third-order valence-corrected chi connectivity index (χ3v) is 3.75. The molecule has 2 heteroatoms. The molecule has 0 aliphatic rings. The molecule has 1 atom stereocenters. The van der Waals surface area contributed by atoms with E-state index in [0.29, 0.717) is 5.41 Å². The van der Waals surface area contributed by atoms with Crippen LogP contribution >= 0.6 is 0 Å². The van der Waals surface area contributed by atoms with Crippen molar-refractivity contribution >= 4 is 0 Å². The van der Waals surface area contributed by atoms with E-state index in [1.54, 1.807) is 0 Å². The summed E-state index contributed by atoms with van der Waals surface area (Å²) in [5, 5.41) is 3.70. The van der Waals surface area contributed by atoms with Crippen molar-refractivity contribution in [3.05, 3.63) is 0 Å². The van der Waals surface area contributed by atoms with Crippen molar-refractivity contribution in [2.75, 3.05) is 26.2 Å². The van der Waals surface area contributed by atoms with Gasteiger partial charge in [0.05, 0.1) is 0 Å². The Labute approximate surface area is 128 Å². The number of rotatable bonds is 9. The Morgan fingerprint density at radius 1 is 0.900 bits per heavy atom. The lowest BCUT2D eigenvalue weighted by molar-refractivity contribution is 0.124. The molecule has 0 aromatic heterocycles. The Morgan fingerprint density at radius 2 is 1.35 bits per heavy atom. The van der Waals surface area contributed by atoms with Gasteiger partial charge in [-0.1, -0.05) is 41.5 Å². The van der Waals surface area contributed by atoms with Crippen LogP contribution in [-0.2, 0) is 0 Å². The molecule has 0 radical (unpaired) electrons. The fourth-order valence-corrected chi connectivity index (χ4v) is 2.55. The maximum atomic E-state index is 3.70. The molecule has 0 amide bonds. The molecule has 0 aliphatic heterocycles. The average Bonchev–Trinajstić information content (AvgIpc) is 2.23. The highest BCUT2D eigenvalue weighted by atomic mass is 15.1. The van der Waals surface area contributed by atoms with Crippen molar-refractivity contribution in [3.8, 4) is 0 Å². The van der Waals surface area contributed by atoms with Crippen LogP contribution in [0.3, 0.4) is 0 Å². The predicted octanol–water partition coefficient (Wildman–Crippen LogP) is 4.40. The fourth-order valence-electron chi connectivity index (χ4n) is 2.55. The van der Waals surface area contributed by atoms with Crippen molar-refractivity contribution in [2.45, 2.75) is 74.3 Å². The normalized spacial score (nSPS) is 16.2. The number of nitrogens with zero attached hydrogens (tertiary/aromatic N) is 1. The molecule has 0 heterocycles. The van der Waals surface area contributed by atoms with Crippen LogP contribution in [0.1, 0.15) is 68.7 Å². The smallest absolute Gasteiger partial charge is 0.00967 e. The van der Waals surface area contributed by atoms with Crippen molar-refractivity contribution in [2.24, 2.45) is 17.3 Å². The van der Waals surface area contributed by atoms with E-state index in [2.05, 4.69) is 72.5 Å². The molecule has 0 saturated heterocycles. The number of hydrogen-bond acceptors (Lipinski definition) is 2. The lowest BCUT2D eigenvalue weighted by Gasteiger charge is -2.38. The molecule has 0 fully saturated rings. The van der Waals surface area contributed by atoms with Gasteiger partial charge in [0, 0.05) is 31.7 Å². The molecule has 2 nitrogen and oxygen atoms in total. The molecule has 0 bridgehead atoms. The summed E-state index contributed by atoms with van der Waals surface area (Å²) in [5.74, 6) is 1.48. The molecule has 122 valence electrons. The van der Waals surface area contributed by atoms with Crippen molar-refractivity contribution in [1.29, 1.82) is 0 Å². The quantitative estimate of drug-likeness (QED) is 0.675. The van der Waals surface area contributed by atoms with E-state index in [0.717, 1.165) is 18.4 Å². The van der Waals surface area contributed by atoms with Gasteiger partial charge in [0.1, 0.15) is 0 Å². The zero-order chi connectivity index (χ0) is 16.0. The van der Waals surface area contributed by atoms with Crippen LogP contribution in [0.25, 0.3) is 0 Å². The average molecular weight is 285 g/mol. The molecule has 1 unspecified atom stereocenters. The number of nitrogens with one attached hydrogen (secondary N) is 1. The van der Waals surface area contributed by atoms with Gasteiger partial charge >= 0.3 is 0 Å². The van der Waals surface area contributed by atoms with Crippen molar-refractivity contribution in [1.82, 2.24) is 10.2 Å². The second kappa shape index (κ2) is 8.38. The van der Waals surface area contributed by atoms with Gasteiger partial charge in [-0.05, 0) is 44.4 Å². The summed E-state index contributed by atoms with van der Waals surface area (Å²) in [7, 11) is 0. The van der Waals surface area contributed by atoms with E-state index in [1.165, 1.54) is 26.1 Å². The highest BCUT2D eigenvalue weighted by Crippen LogP contribution is 2.24. The monoisotopic (exact) mass is 284 g/mol. The van der Waals surface area contributed by atoms with Crippen molar-refractivity contribution in [3.63, 3.8) is 0 Å². The molecule has 0 aliphatic carbocycles. The van der Waals surface area contributed by atoms with Crippen LogP contribution < -0.4 is 5.32 Å². The Kier molecular flexibility index (Phi) is 8.35. The Hall–Kier alpha value is -0.0800. The van der Waals surface area contributed by atoms with E-state index in [-0.39, 0.29) is 5.54 Å². The highest BCUT2D eigenvalue weighted by Gasteiger charge is 2.27. The molecule has 20 heavy (non-hydrogen) atoms. The second-order valence-electron chi connectivity index (χ2n) is 8.75. The SMILES string of the molecule is CCC(C)(CNC(C)(C)C)CN(CC(C)C)CC(C)C. The first-order valence-electron chi connectivity index (χ1n) is 8.45. The molecule has 0 rings (SSSR count). The summed E-state index contributed by atoms with van der Waals surface area (Å²) in [6.07, 6.45) is 1.22. The maximum absolute atomic E-state index is 3.70. The largest absolute Gasteiger partial charge is 0.311 e. The Morgan fingerprint density at radius 3 is 1.65 bits per heavy atom. The van der Waals surface area contributed by atoms with Gasteiger partial charge in [-0.15, -0.1) is 0 Å². The standard InChI is InChI=1S/C18H40N2/c1-10-18(9,13-19-17(6,7)8)14-20(11-15(2)3)12-16(4)5/h15-16,19H,10-14H2,1-9H3. The maximum Gasteiger partial charge on any atom is 0.00967 e. The lowest BCUT2D eigenvalue weighted by Crippen LogP contribution is -2.48. The summed E-state index contributed by atoms with van der Waals surface area (Å²) in [4.78, 5) is 2.67. The van der Waals surface area contributed by atoms with Crippen LogP contribution in [-0.4, -0.2) is 36.6 Å². The molecule has 0 aromatic rings. The molecular formula is C18H40N2.